The van der Waals surface area contributed by atoms with E-state index >= 15 is 0 Å². The first kappa shape index (κ1) is 21.6. The molecule has 166 valence electrons. The number of rotatable bonds is 8. The SMILES string of the molecule is CCOc1cccc(C2/C(=C(/O)c3c[nH]c4ccccc34)C(=O)C(=O)N2CCCOC)c1. The minimum absolute atomic E-state index is 0.0748. The van der Waals surface area contributed by atoms with Gasteiger partial charge in [0, 0.05) is 42.9 Å². The lowest BCUT2D eigenvalue weighted by Gasteiger charge is -2.25. The monoisotopic (exact) mass is 434 g/mol. The molecule has 1 saturated heterocycles. The first-order valence-electron chi connectivity index (χ1n) is 10.6. The predicted molar refractivity (Wildman–Crippen MR) is 121 cm³/mol. The molecule has 32 heavy (non-hydrogen) atoms. The Morgan fingerprint density at radius 1 is 1.16 bits per heavy atom. The number of methoxy groups -OCH3 is 1. The van der Waals surface area contributed by atoms with Gasteiger partial charge in [0.25, 0.3) is 11.7 Å². The summed E-state index contributed by atoms with van der Waals surface area (Å²) in [6, 6.07) is 14.1. The Morgan fingerprint density at radius 3 is 2.75 bits per heavy atom. The quantitative estimate of drug-likeness (QED) is 0.242. The molecule has 1 unspecified atom stereocenters. The molecular formula is C25H26N2O5. The van der Waals surface area contributed by atoms with E-state index in [1.165, 1.54) is 4.90 Å². The number of aromatic amines is 1. The number of nitrogens with one attached hydrogen (secondary N) is 1. The lowest BCUT2D eigenvalue weighted by Crippen LogP contribution is -2.31. The maximum absolute atomic E-state index is 13.1. The number of nitrogens with zero attached hydrogens (tertiary/aromatic N) is 1. The summed E-state index contributed by atoms with van der Waals surface area (Å²) in [5.41, 5.74) is 2.10. The van der Waals surface area contributed by atoms with Crippen molar-refractivity contribution in [2.24, 2.45) is 0 Å². The molecule has 7 nitrogen and oxygen atoms in total. The van der Waals surface area contributed by atoms with E-state index < -0.39 is 17.7 Å². The van der Waals surface area contributed by atoms with Crippen molar-refractivity contribution >= 4 is 28.4 Å². The molecule has 2 aromatic carbocycles. The van der Waals surface area contributed by atoms with Gasteiger partial charge in [-0.2, -0.15) is 0 Å². The average molecular weight is 434 g/mol. The van der Waals surface area contributed by atoms with Gasteiger partial charge in [-0.05, 0) is 37.1 Å². The number of hydrogen-bond donors (Lipinski definition) is 2. The van der Waals surface area contributed by atoms with Gasteiger partial charge in [0.1, 0.15) is 11.5 Å². The fraction of sp³-hybridized carbons (Fsp3) is 0.280. The van der Waals surface area contributed by atoms with Gasteiger partial charge in [-0.1, -0.05) is 30.3 Å². The number of aromatic nitrogens is 1. The van der Waals surface area contributed by atoms with Crippen LogP contribution in [0.3, 0.4) is 0 Å². The molecule has 1 fully saturated rings. The summed E-state index contributed by atoms with van der Waals surface area (Å²) in [5.74, 6) is -0.882. The van der Waals surface area contributed by atoms with E-state index in [4.69, 9.17) is 9.47 Å². The minimum Gasteiger partial charge on any atom is -0.507 e. The molecule has 3 aromatic rings. The van der Waals surface area contributed by atoms with Crippen molar-refractivity contribution in [2.45, 2.75) is 19.4 Å². The molecule has 1 aliphatic rings. The zero-order valence-corrected chi connectivity index (χ0v) is 18.1. The van der Waals surface area contributed by atoms with Gasteiger partial charge in [0.05, 0.1) is 18.2 Å². The van der Waals surface area contributed by atoms with Crippen LogP contribution in [-0.4, -0.2) is 53.5 Å². The maximum Gasteiger partial charge on any atom is 0.295 e. The summed E-state index contributed by atoms with van der Waals surface area (Å²) < 4.78 is 10.8. The standard InChI is InChI=1S/C25H26N2O5/c1-3-32-17-9-6-8-16(14-17)22-21(24(29)25(30)27(22)12-7-13-31-2)23(28)19-15-26-20-11-5-4-10-18(19)20/h4-6,8-11,14-15,22,26,28H,3,7,12-13H2,1-2H3/b23-21-. The molecule has 7 heteroatoms. The number of ether oxygens (including phenoxy) is 2. The second-order valence-corrected chi connectivity index (χ2v) is 7.59. The highest BCUT2D eigenvalue weighted by atomic mass is 16.5. The van der Waals surface area contributed by atoms with Crippen LogP contribution >= 0.6 is 0 Å². The number of H-pyrrole nitrogens is 1. The van der Waals surface area contributed by atoms with Crippen molar-refractivity contribution in [1.82, 2.24) is 9.88 Å². The van der Waals surface area contributed by atoms with E-state index in [1.54, 1.807) is 13.3 Å². The summed E-state index contributed by atoms with van der Waals surface area (Å²) in [6.45, 7) is 3.16. The smallest absolute Gasteiger partial charge is 0.295 e. The molecule has 1 aromatic heterocycles. The Bertz CT molecular complexity index is 1180. The third-order valence-electron chi connectivity index (χ3n) is 5.62. The molecule has 1 aliphatic heterocycles. The summed E-state index contributed by atoms with van der Waals surface area (Å²) in [5, 5.41) is 12.1. The fourth-order valence-corrected chi connectivity index (χ4v) is 4.19. The van der Waals surface area contributed by atoms with Crippen molar-refractivity contribution in [3.8, 4) is 5.75 Å². The molecule has 0 bridgehead atoms. The summed E-state index contributed by atoms with van der Waals surface area (Å²) >= 11 is 0. The Hall–Kier alpha value is -3.58. The Kier molecular flexibility index (Phi) is 6.28. The topological polar surface area (TPSA) is 91.9 Å². The van der Waals surface area contributed by atoms with Gasteiger partial charge < -0.3 is 24.5 Å². The number of Topliss-reactive ketones (excluding diaryl/α,β-unsaturated/α-hetero) is 1. The van der Waals surface area contributed by atoms with Crippen LogP contribution in [0.25, 0.3) is 16.7 Å². The van der Waals surface area contributed by atoms with E-state index in [0.717, 1.165) is 10.9 Å². The number of likely N-dealkylation sites (tertiary alicyclic amines) is 1. The Labute approximate surface area is 186 Å². The Morgan fingerprint density at radius 2 is 1.97 bits per heavy atom. The van der Waals surface area contributed by atoms with Gasteiger partial charge in [-0.15, -0.1) is 0 Å². The molecule has 4 rings (SSSR count). The van der Waals surface area contributed by atoms with Crippen molar-refractivity contribution in [3.63, 3.8) is 0 Å². The molecule has 0 spiro atoms. The van der Waals surface area contributed by atoms with Crippen molar-refractivity contribution in [2.75, 3.05) is 26.9 Å². The highest BCUT2D eigenvalue weighted by molar-refractivity contribution is 6.46. The van der Waals surface area contributed by atoms with E-state index in [1.807, 2.05) is 55.5 Å². The van der Waals surface area contributed by atoms with Crippen molar-refractivity contribution < 1.29 is 24.2 Å². The first-order chi connectivity index (χ1) is 15.6. The maximum atomic E-state index is 13.1. The van der Waals surface area contributed by atoms with Crippen molar-refractivity contribution in [1.29, 1.82) is 0 Å². The number of carbonyl (C=O) groups excluding carboxylic acids is 2. The largest absolute Gasteiger partial charge is 0.507 e. The number of ketones is 1. The van der Waals surface area contributed by atoms with Crippen LogP contribution in [0.5, 0.6) is 5.75 Å². The summed E-state index contributed by atoms with van der Waals surface area (Å²) in [7, 11) is 1.59. The number of hydrogen-bond acceptors (Lipinski definition) is 5. The van der Waals surface area contributed by atoms with E-state index in [2.05, 4.69) is 4.98 Å². The number of aliphatic hydroxyl groups excluding tert-OH is 1. The average Bonchev–Trinajstić information content (AvgIpc) is 3.34. The van der Waals surface area contributed by atoms with E-state index in [0.29, 0.717) is 43.1 Å². The van der Waals surface area contributed by atoms with Crippen LogP contribution < -0.4 is 4.74 Å². The van der Waals surface area contributed by atoms with Crippen LogP contribution in [0.4, 0.5) is 0 Å². The third kappa shape index (κ3) is 3.87. The number of amides is 1. The van der Waals surface area contributed by atoms with Crippen LogP contribution in [-0.2, 0) is 14.3 Å². The highest BCUT2D eigenvalue weighted by Crippen LogP contribution is 2.41. The summed E-state index contributed by atoms with van der Waals surface area (Å²) in [6.07, 6.45) is 2.23. The lowest BCUT2D eigenvalue weighted by molar-refractivity contribution is -0.140. The predicted octanol–water partition coefficient (Wildman–Crippen LogP) is 4.02. The zero-order chi connectivity index (χ0) is 22.7. The Balaban J connectivity index is 1.86. The van der Waals surface area contributed by atoms with Crippen molar-refractivity contribution in [3.05, 3.63) is 71.4 Å². The molecule has 0 aliphatic carbocycles. The van der Waals surface area contributed by atoms with Gasteiger partial charge >= 0.3 is 0 Å². The number of para-hydroxylation sites is 1. The van der Waals surface area contributed by atoms with Crippen LogP contribution in [0.2, 0.25) is 0 Å². The second kappa shape index (κ2) is 9.28. The molecule has 2 heterocycles. The fourth-order valence-electron chi connectivity index (χ4n) is 4.19. The van der Waals surface area contributed by atoms with Gasteiger partial charge in [-0.25, -0.2) is 0 Å². The number of fused-ring (bicyclic) bond motifs is 1. The van der Waals surface area contributed by atoms with E-state index in [9.17, 15) is 14.7 Å². The van der Waals surface area contributed by atoms with Gasteiger partial charge in [-0.3, -0.25) is 9.59 Å². The number of carbonyl (C=O) groups is 2. The van der Waals surface area contributed by atoms with Gasteiger partial charge in [0.15, 0.2) is 0 Å². The first-order valence-corrected chi connectivity index (χ1v) is 10.6. The van der Waals surface area contributed by atoms with E-state index in [-0.39, 0.29) is 11.3 Å². The highest BCUT2D eigenvalue weighted by Gasteiger charge is 2.46. The molecule has 0 radical (unpaired) electrons. The normalized spacial score (nSPS) is 17.9. The van der Waals surface area contributed by atoms with Crippen LogP contribution in [0, 0.1) is 0 Å². The number of aliphatic hydroxyl groups is 1. The molecule has 0 saturated carbocycles. The molecule has 1 atom stereocenters. The van der Waals surface area contributed by atoms with Crippen LogP contribution in [0.1, 0.15) is 30.5 Å². The zero-order valence-electron chi connectivity index (χ0n) is 18.1. The minimum atomic E-state index is -0.721. The number of benzene rings is 2. The molecule has 2 N–H and O–H groups in total. The second-order valence-electron chi connectivity index (χ2n) is 7.59. The summed E-state index contributed by atoms with van der Waals surface area (Å²) in [4.78, 5) is 30.7. The third-order valence-corrected chi connectivity index (χ3v) is 5.62. The molecule has 1 amide bonds. The van der Waals surface area contributed by atoms with Gasteiger partial charge in [0.2, 0.25) is 0 Å². The molecular weight excluding hydrogens is 408 g/mol. The van der Waals surface area contributed by atoms with Crippen LogP contribution in [0.15, 0.2) is 60.3 Å². The lowest BCUT2D eigenvalue weighted by atomic mass is 9.95.